The highest BCUT2D eigenvalue weighted by molar-refractivity contribution is 5.88. The van der Waals surface area contributed by atoms with Gasteiger partial charge in [0.25, 0.3) is 0 Å². The van der Waals surface area contributed by atoms with E-state index >= 15 is 0 Å². The Bertz CT molecular complexity index is 212. The molecule has 0 unspecified atom stereocenters. The molecule has 80 valence electrons. The topological polar surface area (TPSA) is 26.3 Å². The fourth-order valence-electron chi connectivity index (χ4n) is 2.14. The van der Waals surface area contributed by atoms with Gasteiger partial charge in [-0.3, -0.25) is 4.79 Å². The molecule has 0 aromatic heterocycles. The lowest BCUT2D eigenvalue weighted by Crippen LogP contribution is -2.43. The van der Waals surface area contributed by atoms with Crippen molar-refractivity contribution in [3.63, 3.8) is 0 Å². The number of carbonyl (C=O) groups is 1. The highest BCUT2D eigenvalue weighted by atomic mass is 16.5. The molecule has 0 heterocycles. The lowest BCUT2D eigenvalue weighted by atomic mass is 9.76. The molecule has 14 heavy (non-hydrogen) atoms. The van der Waals surface area contributed by atoms with Crippen LogP contribution in [0.3, 0.4) is 0 Å². The van der Waals surface area contributed by atoms with Crippen LogP contribution in [0, 0.1) is 5.92 Å². The highest BCUT2D eigenvalue weighted by Gasteiger charge is 2.39. The van der Waals surface area contributed by atoms with E-state index in [1.807, 2.05) is 0 Å². The van der Waals surface area contributed by atoms with Gasteiger partial charge in [-0.25, -0.2) is 0 Å². The van der Waals surface area contributed by atoms with E-state index in [0.29, 0.717) is 6.42 Å². The minimum Gasteiger partial charge on any atom is -0.370 e. The molecule has 2 nitrogen and oxygen atoms in total. The molecule has 0 spiro atoms. The zero-order valence-electron chi connectivity index (χ0n) is 9.21. The van der Waals surface area contributed by atoms with Crippen LogP contribution in [0.2, 0.25) is 0 Å². The van der Waals surface area contributed by atoms with E-state index in [0.717, 1.165) is 31.6 Å². The Hall–Kier alpha value is -0.630. The molecule has 0 amide bonds. The molecule has 1 aliphatic carbocycles. The van der Waals surface area contributed by atoms with Gasteiger partial charge in [-0.2, -0.15) is 0 Å². The number of carbonyl (C=O) groups excluding carboxylic acids is 1. The first-order chi connectivity index (χ1) is 6.64. The van der Waals surface area contributed by atoms with Crippen LogP contribution >= 0.6 is 0 Å². The van der Waals surface area contributed by atoms with Crippen LogP contribution in [0.4, 0.5) is 0 Å². The number of hydrogen-bond donors (Lipinski definition) is 0. The van der Waals surface area contributed by atoms with E-state index in [-0.39, 0.29) is 5.78 Å². The third kappa shape index (κ3) is 2.24. The summed E-state index contributed by atoms with van der Waals surface area (Å²) in [6.45, 7) is 5.83. The predicted octanol–water partition coefficient (Wildman–Crippen LogP) is 2.73. The molecular formula is C12H20O2. The Labute approximate surface area is 86.3 Å². The summed E-state index contributed by atoms with van der Waals surface area (Å²) in [7, 11) is 1.65. The van der Waals surface area contributed by atoms with Gasteiger partial charge in [-0.1, -0.05) is 13.0 Å². The predicted molar refractivity (Wildman–Crippen MR) is 57.2 cm³/mol. The molecule has 0 bridgehead atoms. The standard InChI is InChI=1S/C12H20O2/c1-4-5-11(13)12(14-3)8-6-10(2)7-9-12/h4,10H,1,5-9H2,2-3H3. The first kappa shape index (κ1) is 11.4. The van der Waals surface area contributed by atoms with Crippen molar-refractivity contribution in [2.75, 3.05) is 7.11 Å². The summed E-state index contributed by atoms with van der Waals surface area (Å²) in [4.78, 5) is 11.9. The molecule has 0 aromatic rings. The number of ketones is 1. The van der Waals surface area contributed by atoms with E-state index < -0.39 is 5.60 Å². The summed E-state index contributed by atoms with van der Waals surface area (Å²) < 4.78 is 5.44. The summed E-state index contributed by atoms with van der Waals surface area (Å²) in [5.41, 5.74) is -0.499. The van der Waals surface area contributed by atoms with Gasteiger partial charge < -0.3 is 4.74 Å². The van der Waals surface area contributed by atoms with E-state index in [9.17, 15) is 4.79 Å². The van der Waals surface area contributed by atoms with Crippen molar-refractivity contribution in [2.45, 2.75) is 44.6 Å². The maximum atomic E-state index is 11.9. The van der Waals surface area contributed by atoms with Crippen LogP contribution in [0.5, 0.6) is 0 Å². The average molecular weight is 196 g/mol. The van der Waals surface area contributed by atoms with Crippen LogP contribution in [0.15, 0.2) is 12.7 Å². The molecule has 1 rings (SSSR count). The van der Waals surface area contributed by atoms with Crippen LogP contribution in [0.1, 0.15) is 39.0 Å². The van der Waals surface area contributed by atoms with Crippen molar-refractivity contribution < 1.29 is 9.53 Å². The second kappa shape index (κ2) is 4.74. The van der Waals surface area contributed by atoms with Crippen LogP contribution in [0.25, 0.3) is 0 Å². The molecule has 0 aliphatic heterocycles. The van der Waals surface area contributed by atoms with Crippen LogP contribution < -0.4 is 0 Å². The van der Waals surface area contributed by atoms with E-state index in [2.05, 4.69) is 13.5 Å². The van der Waals surface area contributed by atoms with Crippen molar-refractivity contribution in [3.8, 4) is 0 Å². The summed E-state index contributed by atoms with van der Waals surface area (Å²) >= 11 is 0. The molecule has 1 fully saturated rings. The van der Waals surface area contributed by atoms with Gasteiger partial charge in [0.2, 0.25) is 0 Å². The van der Waals surface area contributed by atoms with Crippen molar-refractivity contribution >= 4 is 5.78 Å². The number of hydrogen-bond acceptors (Lipinski definition) is 2. The van der Waals surface area contributed by atoms with Gasteiger partial charge in [0.1, 0.15) is 5.60 Å². The largest absolute Gasteiger partial charge is 0.370 e. The smallest absolute Gasteiger partial charge is 0.168 e. The first-order valence-electron chi connectivity index (χ1n) is 5.34. The highest BCUT2D eigenvalue weighted by Crippen LogP contribution is 2.35. The van der Waals surface area contributed by atoms with Gasteiger partial charge in [0, 0.05) is 13.5 Å². The van der Waals surface area contributed by atoms with Gasteiger partial charge >= 0.3 is 0 Å². The fraction of sp³-hybridized carbons (Fsp3) is 0.750. The Morgan fingerprint density at radius 3 is 2.57 bits per heavy atom. The molecule has 1 saturated carbocycles. The summed E-state index contributed by atoms with van der Waals surface area (Å²) in [5, 5.41) is 0. The zero-order chi connectivity index (χ0) is 10.6. The van der Waals surface area contributed by atoms with Crippen LogP contribution in [-0.2, 0) is 9.53 Å². The van der Waals surface area contributed by atoms with Gasteiger partial charge in [0.05, 0.1) is 0 Å². The molecule has 1 aliphatic rings. The normalized spacial score (nSPS) is 32.6. The number of methoxy groups -OCH3 is 1. The van der Waals surface area contributed by atoms with Gasteiger partial charge in [-0.15, -0.1) is 6.58 Å². The minimum absolute atomic E-state index is 0.196. The monoisotopic (exact) mass is 196 g/mol. The SMILES string of the molecule is C=CCC(=O)C1(OC)CCC(C)CC1. The Morgan fingerprint density at radius 1 is 1.57 bits per heavy atom. The Morgan fingerprint density at radius 2 is 2.14 bits per heavy atom. The van der Waals surface area contributed by atoms with Crippen molar-refractivity contribution in [2.24, 2.45) is 5.92 Å². The molecule has 0 aromatic carbocycles. The van der Waals surface area contributed by atoms with E-state index in [1.54, 1.807) is 13.2 Å². The molecule has 0 N–H and O–H groups in total. The van der Waals surface area contributed by atoms with E-state index in [4.69, 9.17) is 4.74 Å². The molecule has 2 heteroatoms. The second-order valence-corrected chi connectivity index (χ2v) is 4.30. The molecule has 0 saturated heterocycles. The quantitative estimate of drug-likeness (QED) is 0.646. The zero-order valence-corrected chi connectivity index (χ0v) is 9.21. The van der Waals surface area contributed by atoms with Crippen molar-refractivity contribution in [1.29, 1.82) is 0 Å². The maximum absolute atomic E-state index is 11.9. The number of Topliss-reactive ketones (excluding diaryl/α,β-unsaturated/α-hetero) is 1. The number of ether oxygens (including phenoxy) is 1. The second-order valence-electron chi connectivity index (χ2n) is 4.30. The molecular weight excluding hydrogens is 176 g/mol. The number of allylic oxidation sites excluding steroid dienone is 1. The van der Waals surface area contributed by atoms with Crippen molar-refractivity contribution in [1.82, 2.24) is 0 Å². The Kier molecular flexibility index (Phi) is 3.87. The molecule has 0 radical (unpaired) electrons. The Balaban J connectivity index is 2.66. The van der Waals surface area contributed by atoms with Gasteiger partial charge in [0.15, 0.2) is 5.78 Å². The molecule has 0 atom stereocenters. The summed E-state index contributed by atoms with van der Waals surface area (Å²) in [6, 6.07) is 0. The van der Waals surface area contributed by atoms with E-state index in [1.165, 1.54) is 0 Å². The number of rotatable bonds is 4. The fourth-order valence-corrected chi connectivity index (χ4v) is 2.14. The van der Waals surface area contributed by atoms with Gasteiger partial charge in [-0.05, 0) is 31.6 Å². The third-order valence-corrected chi connectivity index (χ3v) is 3.31. The lowest BCUT2D eigenvalue weighted by Gasteiger charge is -2.36. The van der Waals surface area contributed by atoms with Crippen molar-refractivity contribution in [3.05, 3.63) is 12.7 Å². The van der Waals surface area contributed by atoms with Crippen LogP contribution in [-0.4, -0.2) is 18.5 Å². The lowest BCUT2D eigenvalue weighted by molar-refractivity contribution is -0.145. The summed E-state index contributed by atoms with van der Waals surface area (Å²) in [5.74, 6) is 0.928. The summed E-state index contributed by atoms with van der Waals surface area (Å²) in [6.07, 6.45) is 6.03. The maximum Gasteiger partial charge on any atom is 0.168 e. The third-order valence-electron chi connectivity index (χ3n) is 3.31. The minimum atomic E-state index is -0.499. The average Bonchev–Trinajstić information content (AvgIpc) is 2.20. The first-order valence-corrected chi connectivity index (χ1v) is 5.34.